The number of benzene rings is 1. The van der Waals surface area contributed by atoms with Crippen molar-refractivity contribution in [1.29, 1.82) is 0 Å². The molecule has 0 saturated carbocycles. The summed E-state index contributed by atoms with van der Waals surface area (Å²) < 4.78 is 16.9. The molecule has 0 N–H and O–H groups in total. The molecule has 5 nitrogen and oxygen atoms in total. The molecule has 0 spiro atoms. The van der Waals surface area contributed by atoms with E-state index in [4.69, 9.17) is 14.2 Å². The zero-order valence-electron chi connectivity index (χ0n) is 14.2. The van der Waals surface area contributed by atoms with Crippen LogP contribution in [0.1, 0.15) is 26.4 Å². The quantitative estimate of drug-likeness (QED) is 0.784. The minimum absolute atomic E-state index is 0.0664. The highest BCUT2D eigenvalue weighted by Gasteiger charge is 2.33. The number of carbonyl (C=O) groups is 1. The van der Waals surface area contributed by atoms with E-state index in [2.05, 4.69) is 4.90 Å². The lowest BCUT2D eigenvalue weighted by Crippen LogP contribution is -2.34. The van der Waals surface area contributed by atoms with Crippen LogP contribution in [0.25, 0.3) is 6.08 Å². The number of ketones is 1. The van der Waals surface area contributed by atoms with E-state index in [1.165, 1.54) is 0 Å². The van der Waals surface area contributed by atoms with Crippen LogP contribution in [0.15, 0.2) is 29.3 Å². The molecule has 2 aliphatic rings. The molecular weight excluding hydrogens is 338 g/mol. The van der Waals surface area contributed by atoms with Crippen LogP contribution in [0.3, 0.4) is 0 Å². The highest BCUT2D eigenvalue weighted by molar-refractivity contribution is 7.10. The minimum Gasteiger partial charge on any atom is -0.477 e. The summed E-state index contributed by atoms with van der Waals surface area (Å²) in [5.74, 6) is 1.76. The van der Waals surface area contributed by atoms with Crippen molar-refractivity contribution in [2.45, 2.75) is 13.5 Å². The van der Waals surface area contributed by atoms with Gasteiger partial charge in [0.2, 0.25) is 5.78 Å². The molecule has 2 aliphatic heterocycles. The van der Waals surface area contributed by atoms with Gasteiger partial charge >= 0.3 is 0 Å². The molecule has 0 fully saturated rings. The number of fused-ring (bicyclic) bond motifs is 2. The lowest BCUT2D eigenvalue weighted by atomic mass is 10.00. The number of ether oxygens (including phenoxy) is 3. The highest BCUT2D eigenvalue weighted by Crippen LogP contribution is 2.43. The zero-order chi connectivity index (χ0) is 17.4. The summed E-state index contributed by atoms with van der Waals surface area (Å²) in [5.41, 5.74) is 2.53. The second-order valence-electron chi connectivity index (χ2n) is 6.14. The van der Waals surface area contributed by atoms with E-state index in [0.717, 1.165) is 34.8 Å². The van der Waals surface area contributed by atoms with E-state index in [0.29, 0.717) is 30.4 Å². The molecule has 25 heavy (non-hydrogen) atoms. The molecule has 130 valence electrons. The average molecular weight is 357 g/mol. The third-order valence-electron chi connectivity index (χ3n) is 4.43. The molecule has 0 bridgehead atoms. The van der Waals surface area contributed by atoms with E-state index >= 15 is 0 Å². The summed E-state index contributed by atoms with van der Waals surface area (Å²) >= 11 is 1.58. The molecule has 0 radical (unpaired) electrons. The first kappa shape index (κ1) is 16.3. The third-order valence-corrected chi connectivity index (χ3v) is 5.25. The Bertz CT molecular complexity index is 842. The number of rotatable bonds is 4. The topological polar surface area (TPSA) is 48.0 Å². The number of carbonyl (C=O) groups excluding carboxylic acids is 1. The molecule has 0 atom stereocenters. The molecule has 1 aromatic heterocycles. The normalized spacial score (nSPS) is 18.0. The van der Waals surface area contributed by atoms with Crippen molar-refractivity contribution in [3.63, 3.8) is 0 Å². The predicted molar refractivity (Wildman–Crippen MR) is 96.2 cm³/mol. The summed E-state index contributed by atoms with van der Waals surface area (Å²) in [5, 5.41) is 1.98. The van der Waals surface area contributed by atoms with E-state index in [9.17, 15) is 4.79 Å². The van der Waals surface area contributed by atoms with Gasteiger partial charge in [-0.1, -0.05) is 6.07 Å². The fourth-order valence-corrected chi connectivity index (χ4v) is 3.81. The smallest absolute Gasteiger partial charge is 0.232 e. The Labute approximate surface area is 150 Å². The lowest BCUT2D eigenvalue weighted by Gasteiger charge is -2.30. The maximum absolute atomic E-state index is 12.8. The standard InChI is InChI=1S/C19H19NO4S/c1-12-18-13(10-20(11-23-18)5-6-22-2)8-15-17(21)16(24-19(12)15)9-14-4-3-7-25-14/h3-4,7-9H,5-6,10-11H2,1-2H3/b16-9-. The van der Waals surface area contributed by atoms with Gasteiger partial charge < -0.3 is 14.2 Å². The first-order valence-corrected chi connectivity index (χ1v) is 9.03. The summed E-state index contributed by atoms with van der Waals surface area (Å²) in [6.07, 6.45) is 1.80. The van der Waals surface area contributed by atoms with E-state index in [1.807, 2.05) is 30.5 Å². The largest absolute Gasteiger partial charge is 0.477 e. The summed E-state index contributed by atoms with van der Waals surface area (Å²) in [7, 11) is 1.69. The van der Waals surface area contributed by atoms with Crippen LogP contribution in [0, 0.1) is 6.92 Å². The summed E-state index contributed by atoms with van der Waals surface area (Å²) in [4.78, 5) is 15.9. The van der Waals surface area contributed by atoms with Crippen LogP contribution in [-0.4, -0.2) is 37.7 Å². The van der Waals surface area contributed by atoms with E-state index in [-0.39, 0.29) is 5.78 Å². The van der Waals surface area contributed by atoms with Gasteiger partial charge in [-0.25, -0.2) is 0 Å². The van der Waals surface area contributed by atoms with Crippen molar-refractivity contribution in [1.82, 2.24) is 4.90 Å². The Morgan fingerprint density at radius 2 is 2.28 bits per heavy atom. The van der Waals surface area contributed by atoms with Crippen LogP contribution >= 0.6 is 11.3 Å². The second-order valence-corrected chi connectivity index (χ2v) is 7.12. The number of methoxy groups -OCH3 is 1. The lowest BCUT2D eigenvalue weighted by molar-refractivity contribution is 0.0649. The molecule has 0 unspecified atom stereocenters. The number of Topliss-reactive ketones (excluding diaryl/α,β-unsaturated/α-hetero) is 1. The van der Waals surface area contributed by atoms with Crippen LogP contribution in [0.4, 0.5) is 0 Å². The Morgan fingerprint density at radius 3 is 3.04 bits per heavy atom. The van der Waals surface area contributed by atoms with Crippen molar-refractivity contribution in [2.75, 3.05) is 27.0 Å². The van der Waals surface area contributed by atoms with Crippen LogP contribution in [0.2, 0.25) is 0 Å². The average Bonchev–Trinajstić information content (AvgIpc) is 3.23. The van der Waals surface area contributed by atoms with Crippen molar-refractivity contribution in [3.05, 3.63) is 50.9 Å². The van der Waals surface area contributed by atoms with Crippen molar-refractivity contribution >= 4 is 23.2 Å². The Hall–Kier alpha value is -2.15. The summed E-state index contributed by atoms with van der Waals surface area (Å²) in [6.45, 7) is 4.65. The Balaban J connectivity index is 1.66. The second kappa shape index (κ2) is 6.63. The first-order chi connectivity index (χ1) is 12.2. The van der Waals surface area contributed by atoms with Gasteiger partial charge in [-0.2, -0.15) is 0 Å². The van der Waals surface area contributed by atoms with Gasteiger partial charge in [0.05, 0.1) is 12.2 Å². The Morgan fingerprint density at radius 1 is 1.40 bits per heavy atom. The molecule has 6 heteroatoms. The van der Waals surface area contributed by atoms with Crippen LogP contribution in [0.5, 0.6) is 11.5 Å². The number of allylic oxidation sites excluding steroid dienone is 1. The molecule has 2 aromatic rings. The first-order valence-electron chi connectivity index (χ1n) is 8.15. The fourth-order valence-electron chi connectivity index (χ4n) is 3.16. The monoisotopic (exact) mass is 357 g/mol. The minimum atomic E-state index is -0.0664. The predicted octanol–water partition coefficient (Wildman–Crippen LogP) is 3.47. The highest BCUT2D eigenvalue weighted by atomic mass is 32.1. The molecule has 3 heterocycles. The molecule has 0 saturated heterocycles. The van der Waals surface area contributed by atoms with Gasteiger partial charge in [0.25, 0.3) is 0 Å². The van der Waals surface area contributed by atoms with Crippen molar-refractivity contribution < 1.29 is 19.0 Å². The van der Waals surface area contributed by atoms with Crippen molar-refractivity contribution in [3.8, 4) is 11.5 Å². The van der Waals surface area contributed by atoms with Gasteiger partial charge in [-0.3, -0.25) is 9.69 Å². The maximum Gasteiger partial charge on any atom is 0.232 e. The third kappa shape index (κ3) is 2.97. The number of thiophene rings is 1. The van der Waals surface area contributed by atoms with E-state index in [1.54, 1.807) is 24.5 Å². The zero-order valence-corrected chi connectivity index (χ0v) is 15.0. The van der Waals surface area contributed by atoms with Gasteiger partial charge in [0.1, 0.15) is 18.2 Å². The number of hydrogen-bond donors (Lipinski definition) is 0. The molecule has 0 amide bonds. The van der Waals surface area contributed by atoms with Gasteiger partial charge in [-0.15, -0.1) is 11.3 Å². The molecule has 1 aromatic carbocycles. The summed E-state index contributed by atoms with van der Waals surface area (Å²) in [6, 6.07) is 5.83. The number of nitrogens with zero attached hydrogens (tertiary/aromatic N) is 1. The van der Waals surface area contributed by atoms with Gasteiger partial charge in [-0.05, 0) is 24.4 Å². The van der Waals surface area contributed by atoms with Gasteiger partial charge in [0.15, 0.2) is 5.76 Å². The fraction of sp³-hybridized carbons (Fsp3) is 0.316. The molecule has 0 aliphatic carbocycles. The van der Waals surface area contributed by atoms with Crippen LogP contribution in [-0.2, 0) is 11.3 Å². The van der Waals surface area contributed by atoms with Crippen molar-refractivity contribution in [2.24, 2.45) is 0 Å². The van der Waals surface area contributed by atoms with E-state index < -0.39 is 0 Å². The Kier molecular flexibility index (Phi) is 4.33. The van der Waals surface area contributed by atoms with Crippen LogP contribution < -0.4 is 9.47 Å². The SMILES string of the molecule is COCCN1COc2c(cc3c(c2C)O/C(=C\c2cccs2)C3=O)C1. The molecule has 4 rings (SSSR count). The van der Waals surface area contributed by atoms with Gasteiger partial charge in [0, 0.05) is 42.3 Å². The maximum atomic E-state index is 12.8. The number of hydrogen-bond acceptors (Lipinski definition) is 6. The molecular formula is C19H19NO4S.